The highest BCUT2D eigenvalue weighted by Gasteiger charge is 2.17. The van der Waals surface area contributed by atoms with Crippen molar-refractivity contribution >= 4 is 0 Å². The van der Waals surface area contributed by atoms with Gasteiger partial charge in [-0.3, -0.25) is 5.32 Å². The van der Waals surface area contributed by atoms with E-state index in [4.69, 9.17) is 10.00 Å². The van der Waals surface area contributed by atoms with Crippen LogP contribution in [0.25, 0.3) is 0 Å². The van der Waals surface area contributed by atoms with Gasteiger partial charge in [-0.1, -0.05) is 29.8 Å². The minimum absolute atomic E-state index is 0.236. The summed E-state index contributed by atoms with van der Waals surface area (Å²) in [6, 6.07) is 10.1. The Bertz CT molecular complexity index is 388. The lowest BCUT2D eigenvalue weighted by atomic mass is 10.1. The van der Waals surface area contributed by atoms with E-state index in [9.17, 15) is 0 Å². The Hall–Kier alpha value is -1.37. The van der Waals surface area contributed by atoms with E-state index < -0.39 is 0 Å². The van der Waals surface area contributed by atoms with Crippen LogP contribution in [0.4, 0.5) is 0 Å². The molecule has 0 bridgehead atoms. The molecular weight excluding hydrogens is 212 g/mol. The number of nitrogens with one attached hydrogen (secondary N) is 1. The minimum atomic E-state index is -0.236. The molecule has 1 aliphatic rings. The predicted octanol–water partition coefficient (Wildman–Crippen LogP) is 2.33. The minimum Gasteiger partial charge on any atom is -0.377 e. The molecule has 1 N–H and O–H groups in total. The lowest BCUT2D eigenvalue weighted by molar-refractivity contribution is 0.109. The van der Waals surface area contributed by atoms with Crippen molar-refractivity contribution in [2.75, 3.05) is 13.2 Å². The van der Waals surface area contributed by atoms with Gasteiger partial charge in [0, 0.05) is 13.2 Å². The molecule has 3 nitrogen and oxygen atoms in total. The zero-order valence-corrected chi connectivity index (χ0v) is 10.1. The number of aryl methyl sites for hydroxylation is 1. The SMILES string of the molecule is Cc1ccc(C(C#N)NCC2CCCO2)cc1. The molecule has 1 aromatic rings. The van der Waals surface area contributed by atoms with Crippen LogP contribution in [0.2, 0.25) is 0 Å². The van der Waals surface area contributed by atoms with Crippen LogP contribution in [0.5, 0.6) is 0 Å². The topological polar surface area (TPSA) is 45.0 Å². The summed E-state index contributed by atoms with van der Waals surface area (Å²) in [6.07, 6.45) is 2.50. The quantitative estimate of drug-likeness (QED) is 0.863. The second kappa shape index (κ2) is 5.81. The molecule has 1 fully saturated rings. The summed E-state index contributed by atoms with van der Waals surface area (Å²) in [4.78, 5) is 0. The summed E-state index contributed by atoms with van der Waals surface area (Å²) >= 11 is 0. The third-order valence-electron chi connectivity index (χ3n) is 3.11. The Labute approximate surface area is 102 Å². The maximum absolute atomic E-state index is 9.17. The Morgan fingerprint density at radius 2 is 2.24 bits per heavy atom. The molecule has 0 aliphatic carbocycles. The van der Waals surface area contributed by atoms with E-state index in [1.165, 1.54) is 5.56 Å². The molecule has 17 heavy (non-hydrogen) atoms. The second-order valence-corrected chi connectivity index (χ2v) is 4.52. The smallest absolute Gasteiger partial charge is 0.121 e. The van der Waals surface area contributed by atoms with E-state index in [2.05, 4.69) is 11.4 Å². The number of rotatable bonds is 4. The van der Waals surface area contributed by atoms with Gasteiger partial charge in [0.15, 0.2) is 0 Å². The first-order valence-corrected chi connectivity index (χ1v) is 6.11. The van der Waals surface area contributed by atoms with Gasteiger partial charge in [0.1, 0.15) is 6.04 Å². The number of hydrogen-bond acceptors (Lipinski definition) is 3. The highest BCUT2D eigenvalue weighted by Crippen LogP contribution is 2.15. The molecule has 0 saturated carbocycles. The summed E-state index contributed by atoms with van der Waals surface area (Å²) in [5.41, 5.74) is 2.24. The monoisotopic (exact) mass is 230 g/mol. The standard InChI is InChI=1S/C14H18N2O/c1-11-4-6-12(7-5-11)14(9-15)16-10-13-3-2-8-17-13/h4-7,13-14,16H,2-3,8,10H2,1H3. The first-order valence-electron chi connectivity index (χ1n) is 6.11. The van der Waals surface area contributed by atoms with Crippen molar-refractivity contribution in [3.05, 3.63) is 35.4 Å². The van der Waals surface area contributed by atoms with Gasteiger partial charge >= 0.3 is 0 Å². The van der Waals surface area contributed by atoms with Gasteiger partial charge in [-0.2, -0.15) is 5.26 Å². The molecule has 2 unspecified atom stereocenters. The largest absolute Gasteiger partial charge is 0.377 e. The van der Waals surface area contributed by atoms with Crippen molar-refractivity contribution in [1.82, 2.24) is 5.32 Å². The van der Waals surface area contributed by atoms with Gasteiger partial charge < -0.3 is 4.74 Å². The van der Waals surface area contributed by atoms with Gasteiger partial charge in [0.05, 0.1) is 12.2 Å². The van der Waals surface area contributed by atoms with Gasteiger partial charge in [0.25, 0.3) is 0 Å². The summed E-state index contributed by atoms with van der Waals surface area (Å²) in [5, 5.41) is 12.4. The van der Waals surface area contributed by atoms with Gasteiger partial charge in [0.2, 0.25) is 0 Å². The fourth-order valence-corrected chi connectivity index (χ4v) is 2.05. The van der Waals surface area contributed by atoms with Crippen LogP contribution < -0.4 is 5.32 Å². The Morgan fingerprint density at radius 3 is 2.82 bits per heavy atom. The molecule has 0 radical (unpaired) electrons. The van der Waals surface area contributed by atoms with Crippen LogP contribution in [-0.4, -0.2) is 19.3 Å². The summed E-state index contributed by atoms with van der Waals surface area (Å²) in [6.45, 7) is 3.66. The van der Waals surface area contributed by atoms with E-state index in [1.54, 1.807) is 0 Å². The third-order valence-corrected chi connectivity index (χ3v) is 3.11. The summed E-state index contributed by atoms with van der Waals surface area (Å²) < 4.78 is 5.53. The van der Waals surface area contributed by atoms with Crippen LogP contribution in [0.3, 0.4) is 0 Å². The van der Waals surface area contributed by atoms with Crippen LogP contribution in [0.15, 0.2) is 24.3 Å². The number of nitriles is 1. The Balaban J connectivity index is 1.92. The molecule has 0 aromatic heterocycles. The molecular formula is C14H18N2O. The molecule has 90 valence electrons. The first kappa shape index (κ1) is 12.1. The third kappa shape index (κ3) is 3.29. The van der Waals surface area contributed by atoms with Crippen LogP contribution in [0, 0.1) is 18.3 Å². The van der Waals surface area contributed by atoms with Gasteiger partial charge in [-0.25, -0.2) is 0 Å². The van der Waals surface area contributed by atoms with Crippen LogP contribution in [0.1, 0.15) is 30.0 Å². The number of nitrogens with zero attached hydrogens (tertiary/aromatic N) is 1. The summed E-state index contributed by atoms with van der Waals surface area (Å²) in [7, 11) is 0. The van der Waals surface area contributed by atoms with E-state index >= 15 is 0 Å². The van der Waals surface area contributed by atoms with Crippen molar-refractivity contribution in [3.63, 3.8) is 0 Å². The van der Waals surface area contributed by atoms with Crippen LogP contribution >= 0.6 is 0 Å². The normalized spacial score (nSPS) is 21.1. The van der Waals surface area contributed by atoms with E-state index in [0.29, 0.717) is 0 Å². The predicted molar refractivity (Wildman–Crippen MR) is 66.5 cm³/mol. The zero-order chi connectivity index (χ0) is 12.1. The molecule has 3 heteroatoms. The van der Waals surface area contributed by atoms with Crippen molar-refractivity contribution in [1.29, 1.82) is 5.26 Å². The second-order valence-electron chi connectivity index (χ2n) is 4.52. The van der Waals surface area contributed by atoms with E-state index in [0.717, 1.165) is 31.6 Å². The fourth-order valence-electron chi connectivity index (χ4n) is 2.05. The van der Waals surface area contributed by atoms with E-state index in [1.807, 2.05) is 31.2 Å². The Kier molecular flexibility index (Phi) is 4.13. The maximum Gasteiger partial charge on any atom is 0.121 e. The van der Waals surface area contributed by atoms with Crippen molar-refractivity contribution in [3.8, 4) is 6.07 Å². The Morgan fingerprint density at radius 1 is 1.47 bits per heavy atom. The first-order chi connectivity index (χ1) is 8.29. The molecule has 1 saturated heterocycles. The average Bonchev–Trinajstić information content (AvgIpc) is 2.85. The highest BCUT2D eigenvalue weighted by atomic mass is 16.5. The molecule has 2 atom stereocenters. The van der Waals surface area contributed by atoms with Crippen molar-refractivity contribution < 1.29 is 4.74 Å². The van der Waals surface area contributed by atoms with Crippen LogP contribution in [-0.2, 0) is 4.74 Å². The average molecular weight is 230 g/mol. The molecule has 0 spiro atoms. The zero-order valence-electron chi connectivity index (χ0n) is 10.1. The van der Waals surface area contributed by atoms with Gasteiger partial charge in [-0.15, -0.1) is 0 Å². The molecule has 1 aromatic carbocycles. The molecule has 0 amide bonds. The number of benzene rings is 1. The lowest BCUT2D eigenvalue weighted by Crippen LogP contribution is -2.29. The molecule has 1 aliphatic heterocycles. The van der Waals surface area contributed by atoms with E-state index in [-0.39, 0.29) is 12.1 Å². The number of ether oxygens (including phenoxy) is 1. The molecule has 1 heterocycles. The fraction of sp³-hybridized carbons (Fsp3) is 0.500. The summed E-state index contributed by atoms with van der Waals surface area (Å²) in [5.74, 6) is 0. The van der Waals surface area contributed by atoms with Gasteiger partial charge in [-0.05, 0) is 25.3 Å². The van der Waals surface area contributed by atoms with Crippen molar-refractivity contribution in [2.24, 2.45) is 0 Å². The maximum atomic E-state index is 9.17. The lowest BCUT2D eigenvalue weighted by Gasteiger charge is -2.15. The molecule has 2 rings (SSSR count). The van der Waals surface area contributed by atoms with Crippen molar-refractivity contribution in [2.45, 2.75) is 31.9 Å². The highest BCUT2D eigenvalue weighted by molar-refractivity contribution is 5.27. The number of hydrogen-bond donors (Lipinski definition) is 1.